The Hall–Kier alpha value is -2.96. The molecule has 0 amide bonds. The summed E-state index contributed by atoms with van der Waals surface area (Å²) in [6.07, 6.45) is 4.16. The highest BCUT2D eigenvalue weighted by atomic mass is 16.5. The van der Waals surface area contributed by atoms with E-state index in [0.29, 0.717) is 13.2 Å². The van der Waals surface area contributed by atoms with E-state index < -0.39 is 0 Å². The number of aromatic nitrogens is 3. The number of imidazole rings is 1. The van der Waals surface area contributed by atoms with E-state index in [1.165, 1.54) is 5.56 Å². The van der Waals surface area contributed by atoms with Crippen molar-refractivity contribution in [1.29, 1.82) is 0 Å². The topological polar surface area (TPSA) is 78.0 Å². The number of hydrogen-bond acceptors (Lipinski definition) is 5. The fraction of sp³-hybridized carbons (Fsp3) is 0.429. The zero-order valence-corrected chi connectivity index (χ0v) is 21.3. The van der Waals surface area contributed by atoms with Gasteiger partial charge < -0.3 is 20.4 Å². The first-order valence-electron chi connectivity index (χ1n) is 12.4. The highest BCUT2D eigenvalue weighted by Gasteiger charge is 2.18. The zero-order valence-electron chi connectivity index (χ0n) is 21.3. The van der Waals surface area contributed by atoms with Crippen molar-refractivity contribution in [2.24, 2.45) is 5.73 Å². The fourth-order valence-corrected chi connectivity index (χ4v) is 4.26. The van der Waals surface area contributed by atoms with Gasteiger partial charge >= 0.3 is 0 Å². The summed E-state index contributed by atoms with van der Waals surface area (Å²) in [5.41, 5.74) is 12.4. The number of ether oxygens (including phenoxy) is 1. The zero-order chi connectivity index (χ0) is 24.5. The molecule has 0 aliphatic rings. The lowest BCUT2D eigenvalue weighted by atomic mass is 10.1. The molecule has 0 fully saturated rings. The van der Waals surface area contributed by atoms with Crippen LogP contribution in [0.2, 0.25) is 0 Å². The van der Waals surface area contributed by atoms with Crippen LogP contribution in [0.15, 0.2) is 42.5 Å². The Morgan fingerprint density at radius 3 is 2.32 bits per heavy atom. The van der Waals surface area contributed by atoms with Crippen molar-refractivity contribution in [2.45, 2.75) is 66.2 Å². The highest BCUT2D eigenvalue weighted by molar-refractivity contribution is 6.07. The molecule has 0 radical (unpaired) electrons. The van der Waals surface area contributed by atoms with E-state index in [9.17, 15) is 0 Å². The molecule has 0 aliphatic carbocycles. The van der Waals surface area contributed by atoms with Crippen LogP contribution < -0.4 is 11.1 Å². The third-order valence-corrected chi connectivity index (χ3v) is 6.00. The van der Waals surface area contributed by atoms with Crippen molar-refractivity contribution in [3.63, 3.8) is 0 Å². The lowest BCUT2D eigenvalue weighted by molar-refractivity contribution is 0.185. The van der Waals surface area contributed by atoms with Crippen molar-refractivity contribution in [3.8, 4) is 0 Å². The Labute approximate surface area is 203 Å². The maximum absolute atomic E-state index is 5.76. The van der Waals surface area contributed by atoms with Crippen molar-refractivity contribution in [2.75, 3.05) is 19.5 Å². The molecule has 4 aromatic rings. The third kappa shape index (κ3) is 5.57. The molecule has 0 atom stereocenters. The molecular formula is C28H39N5O. The number of nitrogens with zero attached hydrogens (tertiary/aromatic N) is 3. The number of benzene rings is 2. The monoisotopic (exact) mass is 461 g/mol. The number of aryl methyl sites for hydroxylation is 3. The second-order valence-electron chi connectivity index (χ2n) is 8.25. The van der Waals surface area contributed by atoms with Gasteiger partial charge in [-0.2, -0.15) is 0 Å². The normalized spacial score (nSPS) is 11.0. The Morgan fingerprint density at radius 2 is 1.68 bits per heavy atom. The molecule has 2 aromatic heterocycles. The first-order valence-corrected chi connectivity index (χ1v) is 12.4. The summed E-state index contributed by atoms with van der Waals surface area (Å²) in [7, 11) is 3.63. The largest absolute Gasteiger partial charge is 0.380 e. The summed E-state index contributed by atoms with van der Waals surface area (Å²) in [4.78, 5) is 9.95. The number of nitrogens with two attached hydrogens (primary N) is 1. The SMILES string of the molecule is CC.CCCCc1nc2c(NC)nc3cc(COC)ccc3c2n1CCc1ccc(CN)cc1. The van der Waals surface area contributed by atoms with Crippen molar-refractivity contribution >= 4 is 27.8 Å². The average molecular weight is 462 g/mol. The molecule has 0 saturated carbocycles. The molecule has 182 valence electrons. The second kappa shape index (κ2) is 12.5. The van der Waals surface area contributed by atoms with Crippen LogP contribution in [0.5, 0.6) is 0 Å². The molecule has 2 heterocycles. The Bertz CT molecular complexity index is 1200. The molecule has 0 bridgehead atoms. The molecule has 0 saturated heterocycles. The predicted molar refractivity (Wildman–Crippen MR) is 143 cm³/mol. The number of nitrogens with one attached hydrogen (secondary N) is 1. The first kappa shape index (κ1) is 25.7. The summed E-state index contributed by atoms with van der Waals surface area (Å²) in [6.45, 7) is 8.24. The van der Waals surface area contributed by atoms with Gasteiger partial charge in [-0.05, 0) is 35.6 Å². The molecule has 34 heavy (non-hydrogen) atoms. The van der Waals surface area contributed by atoms with Crippen LogP contribution in [0.1, 0.15) is 56.1 Å². The van der Waals surface area contributed by atoms with Crippen molar-refractivity contribution in [3.05, 3.63) is 65.0 Å². The molecule has 0 spiro atoms. The fourth-order valence-electron chi connectivity index (χ4n) is 4.26. The molecule has 3 N–H and O–H groups in total. The van der Waals surface area contributed by atoms with Crippen molar-refractivity contribution < 1.29 is 4.74 Å². The van der Waals surface area contributed by atoms with E-state index >= 15 is 0 Å². The van der Waals surface area contributed by atoms with E-state index in [4.69, 9.17) is 20.4 Å². The van der Waals surface area contributed by atoms with Crippen LogP contribution in [-0.2, 0) is 37.3 Å². The van der Waals surface area contributed by atoms with Crippen molar-refractivity contribution in [1.82, 2.24) is 14.5 Å². The summed E-state index contributed by atoms with van der Waals surface area (Å²) < 4.78 is 7.73. The van der Waals surface area contributed by atoms with Crippen LogP contribution in [0.3, 0.4) is 0 Å². The number of pyridine rings is 1. The van der Waals surface area contributed by atoms with Gasteiger partial charge in [-0.15, -0.1) is 0 Å². The number of rotatable bonds is 10. The van der Waals surface area contributed by atoms with Gasteiger partial charge in [0.2, 0.25) is 0 Å². The van der Waals surface area contributed by atoms with Crippen LogP contribution in [-0.4, -0.2) is 28.7 Å². The number of fused-ring (bicyclic) bond motifs is 3. The van der Waals surface area contributed by atoms with Gasteiger partial charge in [0.25, 0.3) is 0 Å². The van der Waals surface area contributed by atoms with Crippen LogP contribution in [0.4, 0.5) is 5.82 Å². The second-order valence-corrected chi connectivity index (χ2v) is 8.25. The molecule has 2 aromatic carbocycles. The number of hydrogen-bond donors (Lipinski definition) is 2. The Kier molecular flexibility index (Phi) is 9.42. The van der Waals surface area contributed by atoms with Gasteiger partial charge in [0, 0.05) is 39.1 Å². The minimum Gasteiger partial charge on any atom is -0.380 e. The Balaban J connectivity index is 0.00000158. The molecular weight excluding hydrogens is 422 g/mol. The molecule has 0 unspecified atom stereocenters. The van der Waals surface area contributed by atoms with E-state index in [1.54, 1.807) is 7.11 Å². The maximum Gasteiger partial charge on any atom is 0.154 e. The molecule has 0 aliphatic heterocycles. The number of unbranched alkanes of at least 4 members (excludes halogenated alkanes) is 1. The predicted octanol–water partition coefficient (Wildman–Crippen LogP) is 5.84. The van der Waals surface area contributed by atoms with Gasteiger partial charge in [-0.25, -0.2) is 9.97 Å². The Morgan fingerprint density at radius 1 is 0.971 bits per heavy atom. The molecule has 6 heteroatoms. The van der Waals surface area contributed by atoms with E-state index in [-0.39, 0.29) is 0 Å². The average Bonchev–Trinajstić information content (AvgIpc) is 3.25. The summed E-state index contributed by atoms with van der Waals surface area (Å²) in [5.74, 6) is 1.96. The first-order chi connectivity index (χ1) is 16.7. The van der Waals surface area contributed by atoms with Crippen LogP contribution in [0, 0.1) is 0 Å². The quantitative estimate of drug-likeness (QED) is 0.310. The van der Waals surface area contributed by atoms with Gasteiger partial charge in [0.15, 0.2) is 5.82 Å². The van der Waals surface area contributed by atoms with Gasteiger partial charge in [0.05, 0.1) is 17.6 Å². The van der Waals surface area contributed by atoms with Gasteiger partial charge in [-0.3, -0.25) is 0 Å². The van der Waals surface area contributed by atoms with E-state index in [2.05, 4.69) is 59.3 Å². The van der Waals surface area contributed by atoms with Crippen LogP contribution >= 0.6 is 0 Å². The van der Waals surface area contributed by atoms with Gasteiger partial charge in [-0.1, -0.05) is 63.6 Å². The summed E-state index contributed by atoms with van der Waals surface area (Å²) >= 11 is 0. The maximum atomic E-state index is 5.76. The van der Waals surface area contributed by atoms with E-state index in [0.717, 1.165) is 76.9 Å². The van der Waals surface area contributed by atoms with Gasteiger partial charge in [0.1, 0.15) is 11.3 Å². The highest BCUT2D eigenvalue weighted by Crippen LogP contribution is 2.31. The molecule has 6 nitrogen and oxygen atoms in total. The minimum absolute atomic E-state index is 0.574. The van der Waals surface area contributed by atoms with E-state index in [1.807, 2.05) is 20.9 Å². The number of methoxy groups -OCH3 is 1. The lowest BCUT2D eigenvalue weighted by Gasteiger charge is -2.12. The number of anilines is 1. The summed E-state index contributed by atoms with van der Waals surface area (Å²) in [5, 5.41) is 4.40. The third-order valence-electron chi connectivity index (χ3n) is 6.00. The smallest absolute Gasteiger partial charge is 0.154 e. The minimum atomic E-state index is 0.574. The standard InChI is InChI=1S/C26H33N5O.C2H6/c1-4-5-6-23-30-24-25(31(23)14-13-18-7-9-19(16-27)10-8-18)21-12-11-20(17-32-3)15-22(21)29-26(24)28-2;1-2/h7-12,15H,4-6,13-14,16-17,27H2,1-3H3,(H,28,29);1-2H3. The van der Waals surface area contributed by atoms with Crippen LogP contribution in [0.25, 0.3) is 21.9 Å². The molecule has 4 rings (SSSR count). The lowest BCUT2D eigenvalue weighted by Crippen LogP contribution is -2.07. The summed E-state index contributed by atoms with van der Waals surface area (Å²) in [6, 6.07) is 15.0.